The lowest BCUT2D eigenvalue weighted by atomic mass is 10.3. The first kappa shape index (κ1) is 14.8. The summed E-state index contributed by atoms with van der Waals surface area (Å²) in [7, 11) is 0. The Hall–Kier alpha value is -1.65. The monoisotopic (exact) mass is 306 g/mol. The summed E-state index contributed by atoms with van der Waals surface area (Å²) < 4.78 is 0. The smallest absolute Gasteiger partial charge is 0.243 e. The molecule has 0 unspecified atom stereocenters. The van der Waals surface area contributed by atoms with Gasteiger partial charge in [-0.1, -0.05) is 23.7 Å². The molecule has 0 fully saturated rings. The molecule has 0 aliphatic rings. The van der Waals surface area contributed by atoms with Crippen LogP contribution in [0.4, 0.5) is 11.4 Å². The largest absolute Gasteiger partial charge is 0.375 e. The molecule has 0 heterocycles. The number of carbonyl (C=O) groups is 1. The second-order valence-corrected chi connectivity index (χ2v) is 5.39. The van der Waals surface area contributed by atoms with Crippen LogP contribution in [-0.4, -0.2) is 18.7 Å². The maximum Gasteiger partial charge on any atom is 0.243 e. The van der Waals surface area contributed by atoms with Crippen molar-refractivity contribution < 1.29 is 4.79 Å². The molecule has 5 heteroatoms. The summed E-state index contributed by atoms with van der Waals surface area (Å²) in [6.07, 6.45) is 2.01. The zero-order chi connectivity index (χ0) is 14.4. The second kappa shape index (κ2) is 7.22. The molecule has 3 nitrogen and oxygen atoms in total. The second-order valence-electron chi connectivity index (χ2n) is 4.11. The summed E-state index contributed by atoms with van der Waals surface area (Å²) in [5.41, 5.74) is 1.70. The number of hydrogen-bond acceptors (Lipinski definition) is 3. The molecule has 0 spiro atoms. The summed E-state index contributed by atoms with van der Waals surface area (Å²) >= 11 is 7.44. The SMILES string of the molecule is CSc1ccccc1NCC(=O)Nc1ccc(Cl)cc1. The number of carbonyl (C=O) groups excluding carboxylic acids is 1. The van der Waals surface area contributed by atoms with Crippen LogP contribution in [0.2, 0.25) is 5.02 Å². The van der Waals surface area contributed by atoms with E-state index >= 15 is 0 Å². The van der Waals surface area contributed by atoms with Gasteiger partial charge in [0, 0.05) is 21.3 Å². The zero-order valence-corrected chi connectivity index (χ0v) is 12.6. The average molecular weight is 307 g/mol. The molecule has 0 aliphatic carbocycles. The van der Waals surface area contributed by atoms with Crippen LogP contribution >= 0.6 is 23.4 Å². The van der Waals surface area contributed by atoms with Gasteiger partial charge in [0.2, 0.25) is 5.91 Å². The quantitative estimate of drug-likeness (QED) is 0.817. The van der Waals surface area contributed by atoms with E-state index in [2.05, 4.69) is 10.6 Å². The van der Waals surface area contributed by atoms with Crippen LogP contribution in [0.15, 0.2) is 53.4 Å². The Morgan fingerprint density at radius 2 is 1.85 bits per heavy atom. The highest BCUT2D eigenvalue weighted by atomic mass is 35.5. The number of thioether (sulfide) groups is 1. The maximum absolute atomic E-state index is 11.9. The van der Waals surface area contributed by atoms with E-state index in [1.54, 1.807) is 36.0 Å². The van der Waals surface area contributed by atoms with Crippen LogP contribution in [0.25, 0.3) is 0 Å². The summed E-state index contributed by atoms with van der Waals surface area (Å²) in [6.45, 7) is 0.222. The van der Waals surface area contributed by atoms with E-state index in [0.29, 0.717) is 5.02 Å². The molecular weight excluding hydrogens is 292 g/mol. The van der Waals surface area contributed by atoms with Crippen molar-refractivity contribution >= 4 is 40.6 Å². The number of amides is 1. The first-order chi connectivity index (χ1) is 9.69. The van der Waals surface area contributed by atoms with Crippen LogP contribution < -0.4 is 10.6 Å². The lowest BCUT2D eigenvalue weighted by Gasteiger charge is -2.10. The van der Waals surface area contributed by atoms with Gasteiger partial charge in [0.15, 0.2) is 0 Å². The average Bonchev–Trinajstić information content (AvgIpc) is 2.48. The fraction of sp³-hybridized carbons (Fsp3) is 0.133. The molecule has 2 rings (SSSR count). The third-order valence-corrected chi connectivity index (χ3v) is 3.72. The summed E-state index contributed by atoms with van der Waals surface area (Å²) in [6, 6.07) is 14.9. The van der Waals surface area contributed by atoms with E-state index in [1.807, 2.05) is 30.5 Å². The van der Waals surface area contributed by atoms with Gasteiger partial charge in [-0.15, -0.1) is 11.8 Å². The minimum absolute atomic E-state index is 0.0942. The van der Waals surface area contributed by atoms with E-state index in [9.17, 15) is 4.79 Å². The van der Waals surface area contributed by atoms with Crippen molar-refractivity contribution in [2.24, 2.45) is 0 Å². The van der Waals surface area contributed by atoms with Gasteiger partial charge in [0.25, 0.3) is 0 Å². The molecule has 0 aliphatic heterocycles. The van der Waals surface area contributed by atoms with Crippen molar-refractivity contribution in [1.82, 2.24) is 0 Å². The van der Waals surface area contributed by atoms with Gasteiger partial charge >= 0.3 is 0 Å². The van der Waals surface area contributed by atoms with Gasteiger partial charge in [-0.25, -0.2) is 0 Å². The Morgan fingerprint density at radius 3 is 2.55 bits per heavy atom. The molecule has 1 amide bonds. The lowest BCUT2D eigenvalue weighted by molar-refractivity contribution is -0.114. The summed E-state index contributed by atoms with van der Waals surface area (Å²) in [5.74, 6) is -0.0942. The molecule has 0 saturated heterocycles. The van der Waals surface area contributed by atoms with Crippen molar-refractivity contribution in [3.05, 3.63) is 53.6 Å². The molecule has 0 atom stereocenters. The van der Waals surface area contributed by atoms with Crippen LogP contribution in [0.5, 0.6) is 0 Å². The third-order valence-electron chi connectivity index (χ3n) is 2.67. The van der Waals surface area contributed by atoms with Gasteiger partial charge in [0.05, 0.1) is 6.54 Å². The van der Waals surface area contributed by atoms with Crippen LogP contribution in [0, 0.1) is 0 Å². The van der Waals surface area contributed by atoms with Gasteiger partial charge in [0.1, 0.15) is 0 Å². The highest BCUT2D eigenvalue weighted by Crippen LogP contribution is 2.24. The molecule has 0 aromatic heterocycles. The maximum atomic E-state index is 11.9. The third kappa shape index (κ3) is 4.18. The molecule has 2 N–H and O–H groups in total. The minimum Gasteiger partial charge on any atom is -0.375 e. The Kier molecular flexibility index (Phi) is 5.32. The zero-order valence-electron chi connectivity index (χ0n) is 11.0. The number of hydrogen-bond donors (Lipinski definition) is 2. The van der Waals surface area contributed by atoms with E-state index in [0.717, 1.165) is 16.3 Å². The Bertz CT molecular complexity index is 587. The summed E-state index contributed by atoms with van der Waals surface area (Å²) in [5, 5.41) is 6.59. The van der Waals surface area contributed by atoms with E-state index < -0.39 is 0 Å². The molecule has 2 aromatic carbocycles. The van der Waals surface area contributed by atoms with Crippen LogP contribution in [0.1, 0.15) is 0 Å². The minimum atomic E-state index is -0.0942. The Labute approximate surface area is 127 Å². The predicted octanol–water partition coefficient (Wildman–Crippen LogP) is 4.11. The first-order valence-corrected chi connectivity index (χ1v) is 7.71. The molecule has 20 heavy (non-hydrogen) atoms. The number of nitrogens with one attached hydrogen (secondary N) is 2. The van der Waals surface area contributed by atoms with Crippen molar-refractivity contribution in [3.8, 4) is 0 Å². The summed E-state index contributed by atoms with van der Waals surface area (Å²) in [4.78, 5) is 13.0. The number of para-hydroxylation sites is 1. The van der Waals surface area contributed by atoms with E-state index in [4.69, 9.17) is 11.6 Å². The number of halogens is 1. The molecule has 0 bridgehead atoms. The van der Waals surface area contributed by atoms with Gasteiger partial charge in [-0.05, 0) is 42.7 Å². The van der Waals surface area contributed by atoms with Gasteiger partial charge in [-0.2, -0.15) is 0 Å². The van der Waals surface area contributed by atoms with Gasteiger partial charge < -0.3 is 10.6 Å². The Morgan fingerprint density at radius 1 is 1.15 bits per heavy atom. The topological polar surface area (TPSA) is 41.1 Å². The highest BCUT2D eigenvalue weighted by Gasteiger charge is 2.04. The molecule has 0 radical (unpaired) electrons. The van der Waals surface area contributed by atoms with Crippen LogP contribution in [0.3, 0.4) is 0 Å². The number of benzene rings is 2. The number of rotatable bonds is 5. The number of anilines is 2. The normalized spacial score (nSPS) is 10.1. The standard InChI is InChI=1S/C15H15ClN2OS/c1-20-14-5-3-2-4-13(14)17-10-15(19)18-12-8-6-11(16)7-9-12/h2-9,17H,10H2,1H3,(H,18,19). The lowest BCUT2D eigenvalue weighted by Crippen LogP contribution is -2.21. The molecule has 104 valence electrons. The highest BCUT2D eigenvalue weighted by molar-refractivity contribution is 7.98. The van der Waals surface area contributed by atoms with Gasteiger partial charge in [-0.3, -0.25) is 4.79 Å². The van der Waals surface area contributed by atoms with Crippen LogP contribution in [-0.2, 0) is 4.79 Å². The molecule has 2 aromatic rings. The molecule has 0 saturated carbocycles. The van der Waals surface area contributed by atoms with E-state index in [-0.39, 0.29) is 12.5 Å². The van der Waals surface area contributed by atoms with E-state index in [1.165, 1.54) is 0 Å². The molecular formula is C15H15ClN2OS. The predicted molar refractivity (Wildman–Crippen MR) is 86.8 cm³/mol. The van der Waals surface area contributed by atoms with Crippen molar-refractivity contribution in [2.45, 2.75) is 4.90 Å². The first-order valence-electron chi connectivity index (χ1n) is 6.11. The van der Waals surface area contributed by atoms with Crippen molar-refractivity contribution in [3.63, 3.8) is 0 Å². The fourth-order valence-corrected chi connectivity index (χ4v) is 2.41. The van der Waals surface area contributed by atoms with Crippen molar-refractivity contribution in [2.75, 3.05) is 23.4 Å². The Balaban J connectivity index is 1.90. The van der Waals surface area contributed by atoms with Crippen molar-refractivity contribution in [1.29, 1.82) is 0 Å². The fourth-order valence-electron chi connectivity index (χ4n) is 1.70.